The minimum absolute atomic E-state index is 0.830. The van der Waals surface area contributed by atoms with Crippen molar-refractivity contribution >= 4 is 5.69 Å². The standard InChI is InChI=1S/C13H17N/c1-4-6-11-10(3)8-9-13(14)12(11)7-5-2/h4-5,8-9H,1-2,6-7,14H2,3H3. The Morgan fingerprint density at radius 1 is 1.14 bits per heavy atom. The molecular formula is C13H17N. The van der Waals surface area contributed by atoms with Crippen LogP contribution in [-0.4, -0.2) is 0 Å². The third-order valence-electron chi connectivity index (χ3n) is 2.40. The van der Waals surface area contributed by atoms with Crippen LogP contribution in [0.4, 0.5) is 5.69 Å². The second-order valence-corrected chi connectivity index (χ2v) is 3.41. The Morgan fingerprint density at radius 3 is 2.29 bits per heavy atom. The van der Waals surface area contributed by atoms with E-state index < -0.39 is 0 Å². The SMILES string of the molecule is C=CCc1c(C)ccc(N)c1CC=C. The van der Waals surface area contributed by atoms with E-state index in [1.54, 1.807) is 0 Å². The van der Waals surface area contributed by atoms with E-state index in [0.717, 1.165) is 18.5 Å². The van der Waals surface area contributed by atoms with Gasteiger partial charge in [0.05, 0.1) is 0 Å². The number of benzene rings is 1. The summed E-state index contributed by atoms with van der Waals surface area (Å²) in [5.74, 6) is 0. The molecule has 0 atom stereocenters. The molecule has 0 spiro atoms. The van der Waals surface area contributed by atoms with Crippen molar-refractivity contribution in [1.82, 2.24) is 0 Å². The number of rotatable bonds is 4. The van der Waals surface area contributed by atoms with Gasteiger partial charge in [-0.25, -0.2) is 0 Å². The van der Waals surface area contributed by atoms with E-state index in [1.807, 2.05) is 18.2 Å². The molecule has 0 radical (unpaired) electrons. The van der Waals surface area contributed by atoms with Gasteiger partial charge in [0.25, 0.3) is 0 Å². The van der Waals surface area contributed by atoms with Crippen LogP contribution in [0.3, 0.4) is 0 Å². The smallest absolute Gasteiger partial charge is 0.0352 e. The quantitative estimate of drug-likeness (QED) is 0.569. The van der Waals surface area contributed by atoms with Gasteiger partial charge in [0.15, 0.2) is 0 Å². The first-order valence-electron chi connectivity index (χ1n) is 4.79. The summed E-state index contributed by atoms with van der Waals surface area (Å²) in [6.45, 7) is 9.61. The predicted molar refractivity (Wildman–Crippen MR) is 63.4 cm³/mol. The number of nitrogens with two attached hydrogens (primary N) is 1. The van der Waals surface area contributed by atoms with E-state index in [9.17, 15) is 0 Å². The number of allylic oxidation sites excluding steroid dienone is 2. The maximum absolute atomic E-state index is 5.92. The highest BCUT2D eigenvalue weighted by atomic mass is 14.6. The molecule has 0 bridgehead atoms. The molecule has 0 saturated heterocycles. The molecule has 1 nitrogen and oxygen atoms in total. The van der Waals surface area contributed by atoms with Gasteiger partial charge in [-0.15, -0.1) is 13.2 Å². The number of hydrogen-bond donors (Lipinski definition) is 1. The third kappa shape index (κ3) is 2.05. The van der Waals surface area contributed by atoms with Crippen molar-refractivity contribution in [3.8, 4) is 0 Å². The highest BCUT2D eigenvalue weighted by molar-refractivity contribution is 5.55. The molecule has 0 amide bonds. The molecular weight excluding hydrogens is 170 g/mol. The van der Waals surface area contributed by atoms with Gasteiger partial charge in [-0.05, 0) is 42.5 Å². The number of anilines is 1. The Morgan fingerprint density at radius 2 is 1.71 bits per heavy atom. The third-order valence-corrected chi connectivity index (χ3v) is 2.40. The fraction of sp³-hybridized carbons (Fsp3) is 0.231. The average molecular weight is 187 g/mol. The number of aryl methyl sites for hydroxylation is 1. The largest absolute Gasteiger partial charge is 0.398 e. The van der Waals surface area contributed by atoms with Crippen molar-refractivity contribution in [2.24, 2.45) is 0 Å². The molecule has 0 unspecified atom stereocenters. The van der Waals surface area contributed by atoms with Crippen molar-refractivity contribution in [2.45, 2.75) is 19.8 Å². The Balaban J connectivity index is 3.24. The summed E-state index contributed by atoms with van der Waals surface area (Å²) in [6, 6.07) is 4.02. The molecule has 1 rings (SSSR count). The van der Waals surface area contributed by atoms with Crippen LogP contribution in [0.15, 0.2) is 37.4 Å². The lowest BCUT2D eigenvalue weighted by molar-refractivity contribution is 1.12. The Kier molecular flexibility index (Phi) is 3.52. The predicted octanol–water partition coefficient (Wildman–Crippen LogP) is 3.03. The maximum atomic E-state index is 5.92. The minimum atomic E-state index is 0.830. The summed E-state index contributed by atoms with van der Waals surface area (Å²) in [7, 11) is 0. The molecule has 0 saturated carbocycles. The van der Waals surface area contributed by atoms with Crippen LogP contribution in [0.1, 0.15) is 16.7 Å². The summed E-state index contributed by atoms with van der Waals surface area (Å²) < 4.78 is 0. The summed E-state index contributed by atoms with van der Waals surface area (Å²) in [5, 5.41) is 0. The van der Waals surface area contributed by atoms with Crippen LogP contribution in [0.2, 0.25) is 0 Å². The van der Waals surface area contributed by atoms with Crippen LogP contribution in [-0.2, 0) is 12.8 Å². The lowest BCUT2D eigenvalue weighted by Gasteiger charge is -2.12. The highest BCUT2D eigenvalue weighted by Gasteiger charge is 2.06. The molecule has 0 aromatic heterocycles. The summed E-state index contributed by atoms with van der Waals surface area (Å²) in [4.78, 5) is 0. The lowest BCUT2D eigenvalue weighted by atomic mass is 9.95. The zero-order valence-electron chi connectivity index (χ0n) is 8.72. The highest BCUT2D eigenvalue weighted by Crippen LogP contribution is 2.22. The molecule has 0 fully saturated rings. The van der Waals surface area contributed by atoms with Crippen LogP contribution in [0.25, 0.3) is 0 Å². The van der Waals surface area contributed by atoms with Crippen molar-refractivity contribution < 1.29 is 0 Å². The van der Waals surface area contributed by atoms with Gasteiger partial charge in [0.2, 0.25) is 0 Å². The first-order valence-corrected chi connectivity index (χ1v) is 4.79. The first kappa shape index (κ1) is 10.6. The van der Waals surface area contributed by atoms with Gasteiger partial charge >= 0.3 is 0 Å². The van der Waals surface area contributed by atoms with Gasteiger partial charge in [-0.2, -0.15) is 0 Å². The van der Waals surface area contributed by atoms with E-state index in [-0.39, 0.29) is 0 Å². The maximum Gasteiger partial charge on any atom is 0.0352 e. The molecule has 1 heteroatoms. The van der Waals surface area contributed by atoms with Crippen LogP contribution in [0.5, 0.6) is 0 Å². The van der Waals surface area contributed by atoms with Gasteiger partial charge in [0, 0.05) is 5.69 Å². The zero-order chi connectivity index (χ0) is 10.6. The molecule has 2 N–H and O–H groups in total. The summed E-state index contributed by atoms with van der Waals surface area (Å²) >= 11 is 0. The first-order chi connectivity index (χ1) is 6.70. The van der Waals surface area contributed by atoms with E-state index in [4.69, 9.17) is 5.73 Å². The second kappa shape index (κ2) is 4.66. The number of nitrogen functional groups attached to an aromatic ring is 1. The fourth-order valence-electron chi connectivity index (χ4n) is 1.64. The van der Waals surface area contributed by atoms with Gasteiger partial charge in [-0.1, -0.05) is 18.2 Å². The second-order valence-electron chi connectivity index (χ2n) is 3.41. The molecule has 74 valence electrons. The van der Waals surface area contributed by atoms with Gasteiger partial charge < -0.3 is 5.73 Å². The Hall–Kier alpha value is -1.50. The van der Waals surface area contributed by atoms with E-state index in [2.05, 4.69) is 26.1 Å². The van der Waals surface area contributed by atoms with Crippen LogP contribution >= 0.6 is 0 Å². The molecule has 0 aliphatic heterocycles. The molecule has 0 aliphatic carbocycles. The van der Waals surface area contributed by atoms with Crippen LogP contribution in [0, 0.1) is 6.92 Å². The molecule has 1 aromatic carbocycles. The summed E-state index contributed by atoms with van der Waals surface area (Å²) in [6.07, 6.45) is 5.50. The normalized spacial score (nSPS) is 9.79. The van der Waals surface area contributed by atoms with E-state index in [1.165, 1.54) is 16.7 Å². The lowest BCUT2D eigenvalue weighted by Crippen LogP contribution is -2.01. The molecule has 0 heterocycles. The van der Waals surface area contributed by atoms with Crippen molar-refractivity contribution in [2.75, 3.05) is 5.73 Å². The van der Waals surface area contributed by atoms with Gasteiger partial charge in [-0.3, -0.25) is 0 Å². The van der Waals surface area contributed by atoms with Crippen LogP contribution < -0.4 is 5.73 Å². The monoisotopic (exact) mass is 187 g/mol. The average Bonchev–Trinajstić information content (AvgIpc) is 2.17. The minimum Gasteiger partial charge on any atom is -0.398 e. The van der Waals surface area contributed by atoms with Gasteiger partial charge in [0.1, 0.15) is 0 Å². The van der Waals surface area contributed by atoms with E-state index >= 15 is 0 Å². The Labute approximate surface area is 85.9 Å². The number of hydrogen-bond acceptors (Lipinski definition) is 1. The molecule has 0 aliphatic rings. The van der Waals surface area contributed by atoms with Crippen molar-refractivity contribution in [1.29, 1.82) is 0 Å². The topological polar surface area (TPSA) is 26.0 Å². The summed E-state index contributed by atoms with van der Waals surface area (Å²) in [5.41, 5.74) is 10.5. The fourth-order valence-corrected chi connectivity index (χ4v) is 1.64. The van der Waals surface area contributed by atoms with Crippen molar-refractivity contribution in [3.05, 3.63) is 54.1 Å². The van der Waals surface area contributed by atoms with E-state index in [0.29, 0.717) is 0 Å². The van der Waals surface area contributed by atoms with Crippen molar-refractivity contribution in [3.63, 3.8) is 0 Å². The zero-order valence-corrected chi connectivity index (χ0v) is 8.72. The Bertz CT molecular complexity index is 315. The molecule has 1 aromatic rings. The molecule has 14 heavy (non-hydrogen) atoms.